The van der Waals surface area contributed by atoms with Crippen molar-refractivity contribution in [1.82, 2.24) is 14.3 Å². The van der Waals surface area contributed by atoms with Gasteiger partial charge >= 0.3 is 0 Å². The van der Waals surface area contributed by atoms with Crippen molar-refractivity contribution < 1.29 is 0 Å². The fourth-order valence-electron chi connectivity index (χ4n) is 3.61. The van der Waals surface area contributed by atoms with Gasteiger partial charge in [0, 0.05) is 24.8 Å². The average Bonchev–Trinajstić information content (AvgIpc) is 3.03. The molecule has 24 heavy (non-hydrogen) atoms. The van der Waals surface area contributed by atoms with Crippen molar-refractivity contribution in [2.75, 3.05) is 6.54 Å². The highest BCUT2D eigenvalue weighted by molar-refractivity contribution is 5.38. The summed E-state index contributed by atoms with van der Waals surface area (Å²) in [7, 11) is 0. The molecule has 2 aromatic heterocycles. The first-order chi connectivity index (χ1) is 11.8. The topological polar surface area (TPSA) is 37.6 Å². The molecule has 4 heteroatoms. The van der Waals surface area contributed by atoms with E-state index >= 15 is 0 Å². The van der Waals surface area contributed by atoms with Crippen molar-refractivity contribution in [3.8, 4) is 0 Å². The van der Waals surface area contributed by atoms with E-state index in [0.29, 0.717) is 6.04 Å². The molecule has 0 amide bonds. The van der Waals surface area contributed by atoms with Crippen LogP contribution < -0.4 is 5.56 Å². The van der Waals surface area contributed by atoms with Crippen molar-refractivity contribution >= 4 is 5.65 Å². The predicted octanol–water partition coefficient (Wildman–Crippen LogP) is 2.90. The number of rotatable bonds is 4. The summed E-state index contributed by atoms with van der Waals surface area (Å²) in [4.78, 5) is 19.4. The van der Waals surface area contributed by atoms with Gasteiger partial charge in [0.05, 0.1) is 5.69 Å². The molecule has 0 unspecified atom stereocenters. The average molecular weight is 319 g/mol. The molecule has 1 aliphatic heterocycles. The van der Waals surface area contributed by atoms with Crippen LogP contribution in [-0.2, 0) is 13.0 Å². The lowest BCUT2D eigenvalue weighted by Gasteiger charge is -2.24. The summed E-state index contributed by atoms with van der Waals surface area (Å²) in [5, 5.41) is 0. The zero-order valence-electron chi connectivity index (χ0n) is 13.6. The standard InChI is InChI=1S/C20H21N3O/c24-20-14-17(21-19-10-4-5-12-23(19)20)15-22-11-6-9-18(22)13-16-7-2-1-3-8-16/h1-5,7-8,10,12,14,18H,6,9,11,13,15H2/t18-/m1/s1. The van der Waals surface area contributed by atoms with Crippen molar-refractivity contribution in [3.63, 3.8) is 0 Å². The van der Waals surface area contributed by atoms with Gasteiger partial charge in [-0.1, -0.05) is 36.4 Å². The smallest absolute Gasteiger partial charge is 0.258 e. The van der Waals surface area contributed by atoms with Gasteiger partial charge in [0.1, 0.15) is 5.65 Å². The molecule has 0 radical (unpaired) electrons. The molecule has 4 rings (SSSR count). The molecule has 1 fully saturated rings. The minimum absolute atomic E-state index is 0.00518. The van der Waals surface area contributed by atoms with Crippen LogP contribution in [0.1, 0.15) is 24.1 Å². The lowest BCUT2D eigenvalue weighted by atomic mass is 10.0. The SMILES string of the molecule is O=c1cc(CN2CCC[C@@H]2Cc2ccccc2)nc2ccccn12. The Bertz CT molecular complexity index is 888. The summed E-state index contributed by atoms with van der Waals surface area (Å²) in [5.74, 6) is 0. The van der Waals surface area contributed by atoms with Crippen LogP contribution in [0.5, 0.6) is 0 Å². The summed E-state index contributed by atoms with van der Waals surface area (Å²) in [6.07, 6.45) is 5.25. The quantitative estimate of drug-likeness (QED) is 0.742. The Morgan fingerprint density at radius 1 is 1.08 bits per heavy atom. The van der Waals surface area contributed by atoms with Gasteiger partial charge in [0.25, 0.3) is 5.56 Å². The minimum Gasteiger partial charge on any atom is -0.294 e. The Balaban J connectivity index is 1.55. The first-order valence-corrected chi connectivity index (χ1v) is 8.55. The second-order valence-corrected chi connectivity index (χ2v) is 6.47. The number of aromatic nitrogens is 2. The van der Waals surface area contributed by atoms with Crippen LogP contribution in [-0.4, -0.2) is 26.9 Å². The van der Waals surface area contributed by atoms with Crippen LogP contribution in [0.2, 0.25) is 0 Å². The van der Waals surface area contributed by atoms with Crippen molar-refractivity contribution in [3.05, 3.63) is 82.4 Å². The lowest BCUT2D eigenvalue weighted by molar-refractivity contribution is 0.241. The number of hydrogen-bond donors (Lipinski definition) is 0. The third-order valence-electron chi connectivity index (χ3n) is 4.80. The van der Waals surface area contributed by atoms with Gasteiger partial charge in [-0.15, -0.1) is 0 Å². The van der Waals surface area contributed by atoms with E-state index in [-0.39, 0.29) is 5.56 Å². The van der Waals surface area contributed by atoms with Crippen LogP contribution in [0.4, 0.5) is 0 Å². The van der Waals surface area contributed by atoms with E-state index in [1.54, 1.807) is 16.7 Å². The Kier molecular flexibility index (Phi) is 4.13. The van der Waals surface area contributed by atoms with Crippen molar-refractivity contribution in [2.24, 2.45) is 0 Å². The molecule has 122 valence electrons. The Morgan fingerprint density at radius 2 is 1.92 bits per heavy atom. The van der Waals surface area contributed by atoms with Crippen molar-refractivity contribution in [2.45, 2.75) is 31.8 Å². The second-order valence-electron chi connectivity index (χ2n) is 6.47. The first kappa shape index (κ1) is 15.1. The summed E-state index contributed by atoms with van der Waals surface area (Å²) >= 11 is 0. The molecule has 0 bridgehead atoms. The number of likely N-dealkylation sites (tertiary alicyclic amines) is 1. The molecular formula is C20H21N3O. The molecule has 0 spiro atoms. The lowest BCUT2D eigenvalue weighted by Crippen LogP contribution is -2.31. The highest BCUT2D eigenvalue weighted by Gasteiger charge is 2.25. The van der Waals surface area contributed by atoms with Crippen LogP contribution >= 0.6 is 0 Å². The molecule has 1 aromatic carbocycles. The van der Waals surface area contributed by atoms with Gasteiger partial charge in [-0.3, -0.25) is 14.1 Å². The number of hydrogen-bond acceptors (Lipinski definition) is 3. The van der Waals surface area contributed by atoms with E-state index in [1.807, 2.05) is 18.2 Å². The van der Waals surface area contributed by atoms with Crippen LogP contribution in [0.25, 0.3) is 5.65 Å². The molecule has 3 heterocycles. The van der Waals surface area contributed by atoms with Crippen molar-refractivity contribution in [1.29, 1.82) is 0 Å². The molecule has 1 atom stereocenters. The Morgan fingerprint density at radius 3 is 2.79 bits per heavy atom. The van der Waals surface area contributed by atoms with E-state index in [9.17, 15) is 4.79 Å². The maximum absolute atomic E-state index is 12.3. The van der Waals surface area contributed by atoms with E-state index in [1.165, 1.54) is 18.4 Å². The molecule has 3 aromatic rings. The van der Waals surface area contributed by atoms with Gasteiger partial charge in [-0.05, 0) is 43.5 Å². The molecule has 0 N–H and O–H groups in total. The first-order valence-electron chi connectivity index (χ1n) is 8.55. The largest absolute Gasteiger partial charge is 0.294 e. The Hall–Kier alpha value is -2.46. The van der Waals surface area contributed by atoms with Gasteiger partial charge in [-0.25, -0.2) is 4.98 Å². The van der Waals surface area contributed by atoms with E-state index in [2.05, 4.69) is 40.2 Å². The monoisotopic (exact) mass is 319 g/mol. The van der Waals surface area contributed by atoms with Crippen LogP contribution in [0.15, 0.2) is 65.6 Å². The molecule has 1 aliphatic rings. The summed E-state index contributed by atoms with van der Waals surface area (Å²) in [5.41, 5.74) is 2.96. The normalized spacial score (nSPS) is 18.2. The number of benzene rings is 1. The number of fused-ring (bicyclic) bond motifs is 1. The van der Waals surface area contributed by atoms with E-state index < -0.39 is 0 Å². The van der Waals surface area contributed by atoms with Crippen LogP contribution in [0.3, 0.4) is 0 Å². The van der Waals surface area contributed by atoms with E-state index in [4.69, 9.17) is 0 Å². The molecule has 1 saturated heterocycles. The van der Waals surface area contributed by atoms with Gasteiger partial charge < -0.3 is 0 Å². The third kappa shape index (κ3) is 3.10. The Labute approximate surface area is 141 Å². The summed E-state index contributed by atoms with van der Waals surface area (Å²) in [6, 6.07) is 18.5. The predicted molar refractivity (Wildman–Crippen MR) is 95.0 cm³/mol. The second kappa shape index (κ2) is 6.57. The zero-order valence-corrected chi connectivity index (χ0v) is 13.6. The van der Waals surface area contributed by atoms with Gasteiger partial charge in [-0.2, -0.15) is 0 Å². The number of nitrogens with zero attached hydrogens (tertiary/aromatic N) is 3. The van der Waals surface area contributed by atoms with Gasteiger partial charge in [0.15, 0.2) is 0 Å². The highest BCUT2D eigenvalue weighted by atomic mass is 16.1. The highest BCUT2D eigenvalue weighted by Crippen LogP contribution is 2.22. The van der Waals surface area contributed by atoms with Gasteiger partial charge in [0.2, 0.25) is 0 Å². The maximum Gasteiger partial charge on any atom is 0.258 e. The molecule has 4 nitrogen and oxygen atoms in total. The fraction of sp³-hybridized carbons (Fsp3) is 0.300. The molecular weight excluding hydrogens is 298 g/mol. The third-order valence-corrected chi connectivity index (χ3v) is 4.80. The molecule has 0 aliphatic carbocycles. The fourth-order valence-corrected chi connectivity index (χ4v) is 3.61. The summed E-state index contributed by atoms with van der Waals surface area (Å²) in [6.45, 7) is 1.82. The van der Waals surface area contributed by atoms with Crippen LogP contribution in [0, 0.1) is 0 Å². The minimum atomic E-state index is -0.00518. The summed E-state index contributed by atoms with van der Waals surface area (Å²) < 4.78 is 1.59. The molecule has 0 saturated carbocycles. The van der Waals surface area contributed by atoms with E-state index in [0.717, 1.165) is 30.9 Å². The maximum atomic E-state index is 12.3. The zero-order chi connectivity index (χ0) is 16.4. The number of pyridine rings is 1.